The number of benzene rings is 2. The number of carbonyl (C=O) groups excluding carboxylic acids is 2. The number of nitrogens with zero attached hydrogens (tertiary/aromatic N) is 3. The second kappa shape index (κ2) is 9.40. The fraction of sp³-hybridized carbons (Fsp3) is 0.241. The van der Waals surface area contributed by atoms with E-state index in [-0.39, 0.29) is 37.4 Å². The van der Waals surface area contributed by atoms with Gasteiger partial charge in [0.05, 0.1) is 29.0 Å². The van der Waals surface area contributed by atoms with Crippen LogP contribution in [0.5, 0.6) is 0 Å². The number of hydrogen-bond donors (Lipinski definition) is 2. The Morgan fingerprint density at radius 1 is 1.15 bits per heavy atom. The molecular formula is C29H24FN3O6. The Morgan fingerprint density at radius 2 is 1.92 bits per heavy atom. The number of fused-ring (bicyclic) bond motifs is 5. The van der Waals surface area contributed by atoms with Gasteiger partial charge in [0.25, 0.3) is 5.56 Å². The van der Waals surface area contributed by atoms with Gasteiger partial charge in [0.2, 0.25) is 5.91 Å². The molecule has 0 bridgehead atoms. The Bertz CT molecular complexity index is 1730. The summed E-state index contributed by atoms with van der Waals surface area (Å²) in [6.07, 6.45) is -1.60. The highest BCUT2D eigenvalue weighted by molar-refractivity contribution is 5.89. The monoisotopic (exact) mass is 529 g/mol. The molecule has 2 aromatic heterocycles. The molecule has 6 rings (SSSR count). The molecule has 10 heteroatoms. The average molecular weight is 530 g/mol. The molecule has 39 heavy (non-hydrogen) atoms. The van der Waals surface area contributed by atoms with E-state index in [4.69, 9.17) is 9.72 Å². The van der Waals surface area contributed by atoms with Gasteiger partial charge in [0.15, 0.2) is 6.10 Å². The van der Waals surface area contributed by atoms with Crippen molar-refractivity contribution in [2.45, 2.75) is 39.3 Å². The summed E-state index contributed by atoms with van der Waals surface area (Å²) < 4.78 is 21.1. The van der Waals surface area contributed by atoms with E-state index in [1.165, 1.54) is 15.5 Å². The summed E-state index contributed by atoms with van der Waals surface area (Å²) in [4.78, 5) is 44.5. The molecule has 2 aliphatic heterocycles. The zero-order valence-electron chi connectivity index (χ0n) is 21.0. The minimum atomic E-state index is -1.60. The number of pyridine rings is 2. The van der Waals surface area contributed by atoms with Crippen molar-refractivity contribution < 1.29 is 28.9 Å². The average Bonchev–Trinajstić information content (AvgIpc) is 3.30. The Balaban J connectivity index is 1.55. The van der Waals surface area contributed by atoms with Gasteiger partial charge in [-0.3, -0.25) is 9.59 Å². The van der Waals surface area contributed by atoms with Gasteiger partial charge in [-0.1, -0.05) is 30.3 Å². The number of aromatic nitrogens is 2. The highest BCUT2D eigenvalue weighted by Crippen LogP contribution is 2.39. The number of aliphatic hydroxyl groups excluding tert-OH is 2. The predicted octanol–water partition coefficient (Wildman–Crippen LogP) is 2.48. The van der Waals surface area contributed by atoms with E-state index in [1.54, 1.807) is 19.1 Å². The molecule has 198 valence electrons. The van der Waals surface area contributed by atoms with E-state index < -0.39 is 36.0 Å². The molecule has 0 saturated heterocycles. The molecule has 0 fully saturated rings. The molecule has 4 heterocycles. The topological polar surface area (TPSA) is 122 Å². The third-order valence-electron chi connectivity index (χ3n) is 7.41. The van der Waals surface area contributed by atoms with Crippen LogP contribution in [0.25, 0.3) is 22.3 Å². The van der Waals surface area contributed by atoms with E-state index >= 15 is 0 Å². The number of amides is 1. The highest BCUT2D eigenvalue weighted by atomic mass is 19.1. The number of hydrogen-bond acceptors (Lipinski definition) is 7. The van der Waals surface area contributed by atoms with Crippen LogP contribution in [0.15, 0.2) is 53.3 Å². The number of aryl methyl sites for hydroxylation is 1. The molecule has 0 radical (unpaired) electrons. The second-order valence-corrected chi connectivity index (χ2v) is 9.79. The SMILES string of the molecule is Cc1cc2c(CN(Cc3ccccc3)C(=O)CO)c3c(nc2cc1F)-c1cc2c(c(=O)n1C3)COC(=O)C2O. The largest absolute Gasteiger partial charge is 0.458 e. The first kappa shape index (κ1) is 24.9. The van der Waals surface area contributed by atoms with E-state index in [0.29, 0.717) is 39.0 Å². The van der Waals surface area contributed by atoms with Gasteiger partial charge in [-0.25, -0.2) is 14.2 Å². The molecule has 0 aliphatic carbocycles. The minimum absolute atomic E-state index is 0.0768. The van der Waals surface area contributed by atoms with Crippen molar-refractivity contribution in [2.24, 2.45) is 0 Å². The standard InChI is InChI=1S/C29H24FN3O6/c1-15-7-17-19(11-32(25(35)13-34)10-16-5-3-2-4-6-16)20-12-33-24(26(20)31-23(17)9-22(15)30)8-18-21(28(33)37)14-39-29(38)27(18)36/h2-9,27,34,36H,10-14H2,1H3. The van der Waals surface area contributed by atoms with Crippen molar-refractivity contribution in [3.63, 3.8) is 0 Å². The van der Waals surface area contributed by atoms with Gasteiger partial charge in [-0.05, 0) is 35.7 Å². The molecule has 2 N–H and O–H groups in total. The van der Waals surface area contributed by atoms with Gasteiger partial charge in [0, 0.05) is 35.7 Å². The minimum Gasteiger partial charge on any atom is -0.458 e. The fourth-order valence-corrected chi connectivity index (χ4v) is 5.35. The molecule has 0 saturated carbocycles. The third kappa shape index (κ3) is 4.08. The molecule has 1 amide bonds. The van der Waals surface area contributed by atoms with Gasteiger partial charge in [0.1, 0.15) is 19.0 Å². The first-order chi connectivity index (χ1) is 18.8. The first-order valence-corrected chi connectivity index (χ1v) is 12.4. The number of cyclic esters (lactones) is 1. The smallest absolute Gasteiger partial charge is 0.340 e. The number of ether oxygens (including phenoxy) is 1. The molecule has 1 unspecified atom stereocenters. The summed E-state index contributed by atoms with van der Waals surface area (Å²) in [5.41, 5.74) is 3.65. The van der Waals surface area contributed by atoms with Crippen LogP contribution in [0.2, 0.25) is 0 Å². The zero-order valence-corrected chi connectivity index (χ0v) is 21.0. The van der Waals surface area contributed by atoms with Crippen molar-refractivity contribution in [3.8, 4) is 11.4 Å². The van der Waals surface area contributed by atoms with Crippen molar-refractivity contribution in [3.05, 3.63) is 98.1 Å². The van der Waals surface area contributed by atoms with Crippen LogP contribution in [0.3, 0.4) is 0 Å². The van der Waals surface area contributed by atoms with Crippen LogP contribution >= 0.6 is 0 Å². The molecule has 1 atom stereocenters. The highest BCUT2D eigenvalue weighted by Gasteiger charge is 2.35. The van der Waals surface area contributed by atoms with Crippen molar-refractivity contribution in [2.75, 3.05) is 6.61 Å². The van der Waals surface area contributed by atoms with E-state index in [2.05, 4.69) is 0 Å². The van der Waals surface area contributed by atoms with Crippen molar-refractivity contribution >= 4 is 22.8 Å². The van der Waals surface area contributed by atoms with Crippen LogP contribution in [0.4, 0.5) is 4.39 Å². The number of esters is 1. The van der Waals surface area contributed by atoms with E-state index in [1.807, 2.05) is 30.3 Å². The van der Waals surface area contributed by atoms with E-state index in [0.717, 1.165) is 5.56 Å². The molecule has 2 aromatic carbocycles. The number of halogens is 1. The van der Waals surface area contributed by atoms with Crippen LogP contribution in [0, 0.1) is 12.7 Å². The fourth-order valence-electron chi connectivity index (χ4n) is 5.35. The third-order valence-corrected chi connectivity index (χ3v) is 7.41. The van der Waals surface area contributed by atoms with Crippen LogP contribution < -0.4 is 5.56 Å². The van der Waals surface area contributed by atoms with Gasteiger partial charge in [-0.2, -0.15) is 0 Å². The van der Waals surface area contributed by atoms with Crippen molar-refractivity contribution in [1.29, 1.82) is 0 Å². The van der Waals surface area contributed by atoms with Gasteiger partial charge >= 0.3 is 5.97 Å². The maximum atomic E-state index is 14.7. The summed E-state index contributed by atoms with van der Waals surface area (Å²) in [5, 5.41) is 20.8. The lowest BCUT2D eigenvalue weighted by atomic mass is 9.97. The number of aliphatic hydroxyl groups is 2. The summed E-state index contributed by atoms with van der Waals surface area (Å²) in [5.74, 6) is -1.78. The normalized spacial score (nSPS) is 15.5. The van der Waals surface area contributed by atoms with Crippen molar-refractivity contribution in [1.82, 2.24) is 14.5 Å². The Morgan fingerprint density at radius 3 is 2.67 bits per heavy atom. The van der Waals surface area contributed by atoms with Gasteiger partial charge in [-0.15, -0.1) is 0 Å². The van der Waals surface area contributed by atoms with Gasteiger partial charge < -0.3 is 24.4 Å². The summed E-state index contributed by atoms with van der Waals surface area (Å²) in [7, 11) is 0. The Labute approximate surface area is 221 Å². The van der Waals surface area contributed by atoms with Crippen LogP contribution in [-0.4, -0.2) is 43.1 Å². The first-order valence-electron chi connectivity index (χ1n) is 12.4. The lowest BCUT2D eigenvalue weighted by Gasteiger charge is -2.24. The second-order valence-electron chi connectivity index (χ2n) is 9.79. The molecule has 2 aliphatic rings. The number of rotatable bonds is 5. The Kier molecular flexibility index (Phi) is 6.00. The van der Waals surface area contributed by atoms with Crippen LogP contribution in [-0.2, 0) is 40.6 Å². The summed E-state index contributed by atoms with van der Waals surface area (Å²) in [6.45, 7) is 1.13. The quantitative estimate of drug-likeness (QED) is 0.336. The lowest BCUT2D eigenvalue weighted by molar-refractivity contribution is -0.157. The summed E-state index contributed by atoms with van der Waals surface area (Å²) in [6, 6.07) is 13.9. The summed E-state index contributed by atoms with van der Waals surface area (Å²) >= 11 is 0. The predicted molar refractivity (Wildman–Crippen MR) is 138 cm³/mol. The lowest BCUT2D eigenvalue weighted by Crippen LogP contribution is -2.33. The maximum Gasteiger partial charge on any atom is 0.340 e. The molecular weight excluding hydrogens is 505 g/mol. The van der Waals surface area contributed by atoms with E-state index in [9.17, 15) is 29.0 Å². The zero-order chi connectivity index (χ0) is 27.4. The molecule has 9 nitrogen and oxygen atoms in total. The molecule has 4 aromatic rings. The van der Waals surface area contributed by atoms with Crippen LogP contribution in [0.1, 0.15) is 39.5 Å². The Hall–Kier alpha value is -4.41. The maximum absolute atomic E-state index is 14.7. The number of carbonyl (C=O) groups is 2. The molecule has 0 spiro atoms.